The van der Waals surface area contributed by atoms with Crippen molar-refractivity contribution in [2.75, 3.05) is 11.9 Å². The van der Waals surface area contributed by atoms with Crippen molar-refractivity contribution in [2.24, 2.45) is 5.73 Å². The third-order valence-electron chi connectivity index (χ3n) is 3.13. The molecule has 0 aliphatic rings. The summed E-state index contributed by atoms with van der Waals surface area (Å²) in [5, 5.41) is 0.736. The number of benzene rings is 1. The summed E-state index contributed by atoms with van der Waals surface area (Å²) in [5.74, 6) is 0. The van der Waals surface area contributed by atoms with Crippen molar-refractivity contribution >= 4 is 28.6 Å². The fourth-order valence-electron chi connectivity index (χ4n) is 1.89. The molecule has 0 saturated carbocycles. The number of thiazole rings is 1. The third-order valence-corrected chi connectivity index (χ3v) is 4.36. The number of nitrogens with zero attached hydrogens (tertiary/aromatic N) is 2. The molecule has 2 rings (SSSR count). The lowest BCUT2D eigenvalue weighted by atomic mass is 10.1. The van der Waals surface area contributed by atoms with Crippen LogP contribution in [0.3, 0.4) is 0 Å². The zero-order valence-corrected chi connectivity index (χ0v) is 12.9. The Morgan fingerprint density at radius 2 is 2.21 bits per heavy atom. The van der Waals surface area contributed by atoms with Gasteiger partial charge in [-0.25, -0.2) is 4.98 Å². The summed E-state index contributed by atoms with van der Waals surface area (Å²) < 4.78 is 0. The Balaban J connectivity index is 2.20. The van der Waals surface area contributed by atoms with Gasteiger partial charge < -0.3 is 10.6 Å². The van der Waals surface area contributed by atoms with Crippen LogP contribution in [0, 0.1) is 6.92 Å². The number of hydrogen-bond donors (Lipinski definition) is 1. The van der Waals surface area contributed by atoms with E-state index in [2.05, 4.69) is 9.88 Å². The molecule has 0 unspecified atom stereocenters. The van der Waals surface area contributed by atoms with Gasteiger partial charge in [-0.2, -0.15) is 0 Å². The van der Waals surface area contributed by atoms with E-state index in [9.17, 15) is 0 Å². The van der Waals surface area contributed by atoms with Crippen LogP contribution in [-0.2, 0) is 6.54 Å². The highest BCUT2D eigenvalue weighted by molar-refractivity contribution is 7.09. The topological polar surface area (TPSA) is 42.2 Å². The molecular weight excluding hydrogens is 278 g/mol. The Bertz CT molecular complexity index is 566. The van der Waals surface area contributed by atoms with Crippen molar-refractivity contribution in [1.29, 1.82) is 0 Å². The maximum atomic E-state index is 6.34. The number of nitrogens with two attached hydrogens (primary N) is 1. The van der Waals surface area contributed by atoms with E-state index in [-0.39, 0.29) is 6.04 Å². The smallest absolute Gasteiger partial charge is 0.0798 e. The Morgan fingerprint density at radius 1 is 1.47 bits per heavy atom. The van der Waals surface area contributed by atoms with Crippen LogP contribution < -0.4 is 10.6 Å². The zero-order chi connectivity index (χ0) is 14.0. The van der Waals surface area contributed by atoms with Crippen molar-refractivity contribution in [3.05, 3.63) is 44.9 Å². The lowest BCUT2D eigenvalue weighted by Crippen LogP contribution is -2.17. The predicted molar refractivity (Wildman–Crippen MR) is 83.0 cm³/mol. The number of halogens is 1. The molecule has 0 spiro atoms. The number of rotatable bonds is 4. The van der Waals surface area contributed by atoms with E-state index >= 15 is 0 Å². The molecule has 0 amide bonds. The van der Waals surface area contributed by atoms with Crippen LogP contribution in [0.4, 0.5) is 5.69 Å². The van der Waals surface area contributed by atoms with Crippen molar-refractivity contribution in [3.8, 4) is 0 Å². The average molecular weight is 296 g/mol. The summed E-state index contributed by atoms with van der Waals surface area (Å²) in [6, 6.07) is 6.00. The predicted octanol–water partition coefficient (Wildman–Crippen LogP) is 3.76. The van der Waals surface area contributed by atoms with Gasteiger partial charge in [-0.05, 0) is 31.5 Å². The standard InChI is InChI=1S/C14H18ClN3S/c1-9(16)11-4-5-13(12(15)6-11)18(3)7-14-10(2)17-8-19-14/h4-6,8-9H,7,16H2,1-3H3/t9-/m0/s1. The fourth-order valence-corrected chi connectivity index (χ4v) is 3.06. The molecule has 1 heterocycles. The number of hydrogen-bond acceptors (Lipinski definition) is 4. The zero-order valence-electron chi connectivity index (χ0n) is 11.4. The van der Waals surface area contributed by atoms with Gasteiger partial charge in [-0.15, -0.1) is 11.3 Å². The largest absolute Gasteiger partial charge is 0.368 e. The molecule has 19 heavy (non-hydrogen) atoms. The highest BCUT2D eigenvalue weighted by Crippen LogP contribution is 2.29. The highest BCUT2D eigenvalue weighted by atomic mass is 35.5. The summed E-state index contributed by atoms with van der Waals surface area (Å²) in [6.07, 6.45) is 0. The molecule has 2 aromatic rings. The molecule has 0 aliphatic carbocycles. The van der Waals surface area contributed by atoms with Crippen LogP contribution in [0.2, 0.25) is 5.02 Å². The average Bonchev–Trinajstić information content (AvgIpc) is 2.74. The Hall–Kier alpha value is -1.10. The number of aryl methyl sites for hydroxylation is 1. The first-order valence-electron chi connectivity index (χ1n) is 6.14. The van der Waals surface area contributed by atoms with Crippen molar-refractivity contribution < 1.29 is 0 Å². The second-order valence-corrected chi connectivity index (χ2v) is 6.06. The summed E-state index contributed by atoms with van der Waals surface area (Å²) in [5.41, 5.74) is 10.9. The van der Waals surface area contributed by atoms with Crippen LogP contribution in [0.1, 0.15) is 29.1 Å². The fraction of sp³-hybridized carbons (Fsp3) is 0.357. The van der Waals surface area contributed by atoms with Crippen molar-refractivity contribution in [3.63, 3.8) is 0 Å². The number of anilines is 1. The summed E-state index contributed by atoms with van der Waals surface area (Å²) in [6.45, 7) is 4.80. The van der Waals surface area contributed by atoms with Gasteiger partial charge >= 0.3 is 0 Å². The molecule has 0 saturated heterocycles. The summed E-state index contributed by atoms with van der Waals surface area (Å²) >= 11 is 8.01. The van der Waals surface area contributed by atoms with Crippen molar-refractivity contribution in [1.82, 2.24) is 4.98 Å². The van der Waals surface area contributed by atoms with Gasteiger partial charge in [0.05, 0.1) is 28.5 Å². The minimum Gasteiger partial charge on any atom is -0.368 e. The van der Waals surface area contributed by atoms with Gasteiger partial charge in [-0.1, -0.05) is 17.7 Å². The quantitative estimate of drug-likeness (QED) is 0.934. The number of aromatic nitrogens is 1. The molecule has 0 radical (unpaired) electrons. The van der Waals surface area contributed by atoms with E-state index in [0.717, 1.165) is 28.5 Å². The maximum Gasteiger partial charge on any atom is 0.0798 e. The highest BCUT2D eigenvalue weighted by Gasteiger charge is 2.11. The minimum absolute atomic E-state index is 0.000552. The van der Waals surface area contributed by atoms with E-state index in [1.807, 2.05) is 44.6 Å². The van der Waals surface area contributed by atoms with E-state index in [0.29, 0.717) is 0 Å². The van der Waals surface area contributed by atoms with Gasteiger partial charge in [0.1, 0.15) is 0 Å². The first kappa shape index (κ1) is 14.3. The van der Waals surface area contributed by atoms with Crippen LogP contribution in [-0.4, -0.2) is 12.0 Å². The molecule has 1 atom stereocenters. The second kappa shape index (κ2) is 5.90. The van der Waals surface area contributed by atoms with Gasteiger partial charge in [-0.3, -0.25) is 0 Å². The van der Waals surface area contributed by atoms with Gasteiger partial charge in [0.25, 0.3) is 0 Å². The molecule has 5 heteroatoms. The van der Waals surface area contributed by atoms with E-state index < -0.39 is 0 Å². The molecule has 2 N–H and O–H groups in total. The monoisotopic (exact) mass is 295 g/mol. The van der Waals surface area contributed by atoms with Crippen molar-refractivity contribution in [2.45, 2.75) is 26.4 Å². The first-order chi connectivity index (χ1) is 8.99. The Morgan fingerprint density at radius 3 is 2.74 bits per heavy atom. The normalized spacial score (nSPS) is 12.5. The van der Waals surface area contributed by atoms with Gasteiger partial charge in [0, 0.05) is 18.0 Å². The van der Waals surface area contributed by atoms with Crippen LogP contribution in [0.5, 0.6) is 0 Å². The molecule has 1 aromatic carbocycles. The SMILES string of the molecule is Cc1ncsc1CN(C)c1ccc([C@H](C)N)cc1Cl. The third kappa shape index (κ3) is 3.26. The lowest BCUT2D eigenvalue weighted by Gasteiger charge is -2.21. The second-order valence-electron chi connectivity index (χ2n) is 4.72. The van der Waals surface area contributed by atoms with Gasteiger partial charge in [0.15, 0.2) is 0 Å². The molecule has 0 aliphatic heterocycles. The summed E-state index contributed by atoms with van der Waals surface area (Å²) in [4.78, 5) is 7.66. The summed E-state index contributed by atoms with van der Waals surface area (Å²) in [7, 11) is 2.03. The Labute approximate surface area is 123 Å². The van der Waals surface area contributed by atoms with Crippen LogP contribution >= 0.6 is 22.9 Å². The van der Waals surface area contributed by atoms with E-state index in [1.54, 1.807) is 11.3 Å². The van der Waals surface area contributed by atoms with Crippen LogP contribution in [0.25, 0.3) is 0 Å². The van der Waals surface area contributed by atoms with E-state index in [4.69, 9.17) is 17.3 Å². The molecule has 3 nitrogen and oxygen atoms in total. The lowest BCUT2D eigenvalue weighted by molar-refractivity contribution is 0.817. The molecule has 0 fully saturated rings. The molecule has 0 bridgehead atoms. The van der Waals surface area contributed by atoms with E-state index in [1.165, 1.54) is 4.88 Å². The molecule has 1 aromatic heterocycles. The first-order valence-corrected chi connectivity index (χ1v) is 7.40. The van der Waals surface area contributed by atoms with Gasteiger partial charge in [0.2, 0.25) is 0 Å². The molecule has 102 valence electrons. The maximum absolute atomic E-state index is 6.34. The molecular formula is C14H18ClN3S. The minimum atomic E-state index is 0.000552. The Kier molecular flexibility index (Phi) is 4.45. The van der Waals surface area contributed by atoms with Crippen LogP contribution in [0.15, 0.2) is 23.7 Å².